The molecule has 1 rings (SSSR count). The van der Waals surface area contributed by atoms with Crippen LogP contribution in [0.5, 0.6) is 0 Å². The molecule has 0 aromatic carbocycles. The van der Waals surface area contributed by atoms with Crippen LogP contribution in [0.4, 0.5) is 5.82 Å². The molecule has 0 aliphatic carbocycles. The van der Waals surface area contributed by atoms with Crippen LogP contribution >= 0.6 is 36.2 Å². The van der Waals surface area contributed by atoms with Crippen molar-refractivity contribution in [2.24, 2.45) is 0 Å². The van der Waals surface area contributed by atoms with Gasteiger partial charge >= 0.3 is 0 Å². The summed E-state index contributed by atoms with van der Waals surface area (Å²) in [6, 6.07) is 0. The summed E-state index contributed by atoms with van der Waals surface area (Å²) in [6.07, 6.45) is 0. The van der Waals surface area contributed by atoms with Crippen molar-refractivity contribution in [2.75, 3.05) is 12.4 Å². The number of halogens is 2. The third kappa shape index (κ3) is 3.61. The van der Waals surface area contributed by atoms with Crippen molar-refractivity contribution in [3.63, 3.8) is 0 Å². The largest absolute Gasteiger partial charge is 0.372 e. The Bertz CT molecular complexity index is 213. The first-order valence-corrected chi connectivity index (χ1v) is 4.25. The van der Waals surface area contributed by atoms with Gasteiger partial charge in [-0.2, -0.15) is 0 Å². The van der Waals surface area contributed by atoms with Crippen molar-refractivity contribution in [3.05, 3.63) is 10.4 Å². The third-order valence-corrected chi connectivity index (χ3v) is 2.42. The van der Waals surface area contributed by atoms with Crippen LogP contribution in [-0.2, 0) is 0 Å². The van der Waals surface area contributed by atoms with Crippen LogP contribution < -0.4 is 5.32 Å². The van der Waals surface area contributed by atoms with Crippen LogP contribution in [0, 0.1) is 0 Å². The maximum atomic E-state index is 4.34. The number of thiazole rings is 1. The van der Waals surface area contributed by atoms with Gasteiger partial charge in [-0.25, -0.2) is 4.98 Å². The van der Waals surface area contributed by atoms with E-state index in [0.717, 1.165) is 5.82 Å². The highest BCUT2D eigenvalue weighted by Gasteiger charge is 2.03. The van der Waals surface area contributed by atoms with Gasteiger partial charge in [-0.1, -0.05) is 13.8 Å². The molecule has 0 radical (unpaired) electrons. The number of rotatable bonds is 2. The van der Waals surface area contributed by atoms with Crippen molar-refractivity contribution in [2.45, 2.75) is 19.8 Å². The fourth-order valence-electron chi connectivity index (χ4n) is 0.668. The fourth-order valence-corrected chi connectivity index (χ4v) is 1.49. The maximum Gasteiger partial charge on any atom is 0.137 e. The van der Waals surface area contributed by atoms with Gasteiger partial charge in [0.2, 0.25) is 0 Å². The summed E-state index contributed by atoms with van der Waals surface area (Å²) in [5, 5.41) is 6.24. The zero-order chi connectivity index (χ0) is 7.56. The second kappa shape index (κ2) is 6.52. The summed E-state index contributed by atoms with van der Waals surface area (Å²) in [7, 11) is 1.89. The Labute approximate surface area is 89.6 Å². The van der Waals surface area contributed by atoms with Crippen LogP contribution in [0.25, 0.3) is 0 Å². The van der Waals surface area contributed by atoms with Crippen molar-refractivity contribution >= 4 is 42.0 Å². The van der Waals surface area contributed by atoms with Gasteiger partial charge in [-0.15, -0.1) is 36.2 Å². The smallest absolute Gasteiger partial charge is 0.137 e. The molecule has 2 nitrogen and oxygen atoms in total. The molecule has 0 aliphatic heterocycles. The predicted molar refractivity (Wildman–Crippen MR) is 60.2 cm³/mol. The molecule has 1 aromatic rings. The molecule has 0 unspecified atom stereocenters. The van der Waals surface area contributed by atoms with E-state index >= 15 is 0 Å². The lowest BCUT2D eigenvalue weighted by Crippen LogP contribution is -1.89. The van der Waals surface area contributed by atoms with Crippen LogP contribution in [-0.4, -0.2) is 12.0 Å². The molecule has 0 atom stereocenters. The van der Waals surface area contributed by atoms with Gasteiger partial charge in [0.15, 0.2) is 0 Å². The van der Waals surface area contributed by atoms with E-state index in [0.29, 0.717) is 5.92 Å². The zero-order valence-electron chi connectivity index (χ0n) is 7.33. The van der Waals surface area contributed by atoms with E-state index in [1.54, 1.807) is 11.3 Å². The Morgan fingerprint density at radius 3 is 2.25 bits per heavy atom. The Morgan fingerprint density at radius 1 is 1.42 bits per heavy atom. The number of nitrogens with one attached hydrogen (secondary N) is 1. The lowest BCUT2D eigenvalue weighted by molar-refractivity contribution is 0.853. The summed E-state index contributed by atoms with van der Waals surface area (Å²) in [5.74, 6) is 1.53. The predicted octanol–water partition coefficient (Wildman–Crippen LogP) is 3.15. The van der Waals surface area contributed by atoms with Gasteiger partial charge in [0, 0.05) is 18.3 Å². The monoisotopic (exact) mass is 228 g/mol. The topological polar surface area (TPSA) is 24.9 Å². The molecule has 0 bridgehead atoms. The first kappa shape index (κ1) is 14.5. The lowest BCUT2D eigenvalue weighted by atomic mass is 10.2. The second-order valence-corrected chi connectivity index (χ2v) is 3.37. The van der Waals surface area contributed by atoms with Gasteiger partial charge in [0.05, 0.1) is 5.01 Å². The van der Waals surface area contributed by atoms with Gasteiger partial charge in [0.25, 0.3) is 0 Å². The summed E-state index contributed by atoms with van der Waals surface area (Å²) < 4.78 is 0. The summed E-state index contributed by atoms with van der Waals surface area (Å²) in [6.45, 7) is 4.30. The standard InChI is InChI=1S/C7H12N2S.2ClH/c1-5(2)7-9-6(8-3)4-10-7;;/h4-5,8H,1-3H3;2*1H. The third-order valence-electron chi connectivity index (χ3n) is 1.27. The molecule has 5 heteroatoms. The van der Waals surface area contributed by atoms with Gasteiger partial charge in [0.1, 0.15) is 5.82 Å². The number of nitrogens with zero attached hydrogens (tertiary/aromatic N) is 1. The van der Waals surface area contributed by atoms with Crippen molar-refractivity contribution in [3.8, 4) is 0 Å². The Hall–Kier alpha value is 0.01000. The molecule has 1 N–H and O–H groups in total. The molecule has 0 saturated heterocycles. The van der Waals surface area contributed by atoms with Crippen LogP contribution in [0.2, 0.25) is 0 Å². The molecule has 0 fully saturated rings. The van der Waals surface area contributed by atoms with E-state index in [2.05, 4.69) is 24.1 Å². The average Bonchev–Trinajstić information content (AvgIpc) is 2.34. The molecule has 12 heavy (non-hydrogen) atoms. The van der Waals surface area contributed by atoms with E-state index in [1.807, 2.05) is 12.4 Å². The molecule has 1 heterocycles. The van der Waals surface area contributed by atoms with Crippen molar-refractivity contribution in [1.82, 2.24) is 4.98 Å². The molecule has 0 spiro atoms. The minimum atomic E-state index is 0. The van der Waals surface area contributed by atoms with Gasteiger partial charge in [-0.3, -0.25) is 0 Å². The molecule has 0 saturated carbocycles. The SMILES string of the molecule is CNc1csc(C(C)C)n1.Cl.Cl. The quantitative estimate of drug-likeness (QED) is 0.842. The fraction of sp³-hybridized carbons (Fsp3) is 0.571. The highest BCUT2D eigenvalue weighted by Crippen LogP contribution is 2.21. The van der Waals surface area contributed by atoms with Crippen LogP contribution in [0.15, 0.2) is 5.38 Å². The van der Waals surface area contributed by atoms with E-state index < -0.39 is 0 Å². The van der Waals surface area contributed by atoms with E-state index in [4.69, 9.17) is 0 Å². The van der Waals surface area contributed by atoms with Crippen LogP contribution in [0.1, 0.15) is 24.8 Å². The minimum absolute atomic E-state index is 0. The van der Waals surface area contributed by atoms with E-state index in [-0.39, 0.29) is 24.8 Å². The number of hydrogen-bond acceptors (Lipinski definition) is 3. The van der Waals surface area contributed by atoms with Crippen molar-refractivity contribution < 1.29 is 0 Å². The normalized spacial score (nSPS) is 8.67. The molecular weight excluding hydrogens is 215 g/mol. The molecular formula is C7H14Cl2N2S. The van der Waals surface area contributed by atoms with E-state index in [9.17, 15) is 0 Å². The summed E-state index contributed by atoms with van der Waals surface area (Å²) >= 11 is 1.71. The Kier molecular flexibility index (Phi) is 7.89. The zero-order valence-corrected chi connectivity index (χ0v) is 9.78. The highest BCUT2D eigenvalue weighted by molar-refractivity contribution is 7.10. The molecule has 72 valence electrons. The minimum Gasteiger partial charge on any atom is -0.372 e. The second-order valence-electron chi connectivity index (χ2n) is 2.48. The van der Waals surface area contributed by atoms with Gasteiger partial charge in [-0.05, 0) is 0 Å². The Balaban J connectivity index is 0. The summed E-state index contributed by atoms with van der Waals surface area (Å²) in [5.41, 5.74) is 0. The first-order valence-electron chi connectivity index (χ1n) is 3.37. The maximum absolute atomic E-state index is 4.34. The molecule has 0 aliphatic rings. The van der Waals surface area contributed by atoms with Gasteiger partial charge < -0.3 is 5.32 Å². The Morgan fingerprint density at radius 2 is 2.00 bits per heavy atom. The lowest BCUT2D eigenvalue weighted by Gasteiger charge is -1.95. The molecule has 1 aromatic heterocycles. The first-order chi connectivity index (χ1) is 4.74. The van der Waals surface area contributed by atoms with Crippen molar-refractivity contribution in [1.29, 1.82) is 0 Å². The highest BCUT2D eigenvalue weighted by atomic mass is 35.5. The average molecular weight is 229 g/mol. The number of aromatic nitrogens is 1. The number of hydrogen-bond donors (Lipinski definition) is 1. The van der Waals surface area contributed by atoms with E-state index in [1.165, 1.54) is 5.01 Å². The number of anilines is 1. The molecule has 0 amide bonds. The summed E-state index contributed by atoms with van der Waals surface area (Å²) in [4.78, 5) is 4.34. The van der Waals surface area contributed by atoms with Crippen LogP contribution in [0.3, 0.4) is 0 Å².